The molecule has 0 aliphatic heterocycles. The summed E-state index contributed by atoms with van der Waals surface area (Å²) in [5, 5.41) is 0. The molecule has 0 amide bonds. The summed E-state index contributed by atoms with van der Waals surface area (Å²) in [6.45, 7) is 11.3. The lowest BCUT2D eigenvalue weighted by molar-refractivity contribution is -0.176. The molecule has 0 aromatic carbocycles. The Morgan fingerprint density at radius 1 is 0.829 bits per heavy atom. The van der Waals surface area contributed by atoms with E-state index in [1.54, 1.807) is 20.8 Å². The minimum atomic E-state index is -1.29. The van der Waals surface area contributed by atoms with Crippen molar-refractivity contribution in [2.45, 2.75) is 111 Å². The van der Waals surface area contributed by atoms with Gasteiger partial charge in [-0.05, 0) is 51.5 Å². The summed E-state index contributed by atoms with van der Waals surface area (Å²) in [5.41, 5.74) is -2.66. The fourth-order valence-corrected chi connectivity index (χ4v) is 7.46. The molecule has 7 atom stereocenters. The lowest BCUT2D eigenvalue weighted by atomic mass is 9.59. The highest BCUT2D eigenvalue weighted by Gasteiger charge is 2.69. The van der Waals surface area contributed by atoms with E-state index in [0.717, 1.165) is 0 Å². The van der Waals surface area contributed by atoms with Crippen LogP contribution in [0.15, 0.2) is 11.6 Å². The predicted molar refractivity (Wildman–Crippen MR) is 143 cm³/mol. The second-order valence-electron chi connectivity index (χ2n) is 12.4. The number of hydrogen-bond donors (Lipinski definition) is 0. The van der Waals surface area contributed by atoms with E-state index in [2.05, 4.69) is 0 Å². The molecule has 2 fully saturated rings. The van der Waals surface area contributed by atoms with Crippen LogP contribution in [0.3, 0.4) is 0 Å². The van der Waals surface area contributed by atoms with Crippen LogP contribution < -0.4 is 0 Å². The fourth-order valence-electron chi connectivity index (χ4n) is 7.46. The molecule has 3 rings (SSSR count). The average molecular weight is 579 g/mol. The van der Waals surface area contributed by atoms with Gasteiger partial charge in [-0.1, -0.05) is 6.08 Å². The summed E-state index contributed by atoms with van der Waals surface area (Å²) >= 11 is 0. The number of hydrogen-bond acceptors (Lipinski definition) is 11. The Labute approximate surface area is 240 Å². The van der Waals surface area contributed by atoms with Gasteiger partial charge < -0.3 is 23.7 Å². The Morgan fingerprint density at radius 3 is 1.98 bits per heavy atom. The Morgan fingerprint density at radius 2 is 1.44 bits per heavy atom. The van der Waals surface area contributed by atoms with Gasteiger partial charge in [-0.3, -0.25) is 28.8 Å². The molecule has 228 valence electrons. The molecule has 0 aromatic heterocycles. The van der Waals surface area contributed by atoms with Crippen molar-refractivity contribution in [3.05, 3.63) is 11.6 Å². The fraction of sp³-hybridized carbons (Fsp3) is 0.733. The first-order valence-electron chi connectivity index (χ1n) is 14.0. The summed E-state index contributed by atoms with van der Waals surface area (Å²) in [6.07, 6.45) is 0.189. The highest BCUT2D eigenvalue weighted by Crippen LogP contribution is 2.65. The molecule has 11 heteroatoms. The number of esters is 5. The first-order chi connectivity index (χ1) is 18.9. The van der Waals surface area contributed by atoms with Gasteiger partial charge >= 0.3 is 29.8 Å². The average Bonchev–Trinajstić information content (AvgIpc) is 2.94. The molecule has 3 aliphatic rings. The molecule has 0 N–H and O–H groups in total. The first-order valence-corrected chi connectivity index (χ1v) is 14.0. The van der Waals surface area contributed by atoms with Crippen LogP contribution in [0.25, 0.3) is 0 Å². The van der Waals surface area contributed by atoms with Crippen molar-refractivity contribution in [3.8, 4) is 0 Å². The smallest absolute Gasteiger partial charge is 0.303 e. The van der Waals surface area contributed by atoms with Crippen molar-refractivity contribution in [3.63, 3.8) is 0 Å². The monoisotopic (exact) mass is 578 g/mol. The Hall–Kier alpha value is -3.24. The zero-order valence-electron chi connectivity index (χ0n) is 25.2. The molecule has 2 saturated carbocycles. The van der Waals surface area contributed by atoms with Crippen LogP contribution in [-0.4, -0.2) is 66.1 Å². The molecule has 11 nitrogen and oxygen atoms in total. The first kappa shape index (κ1) is 32.3. The molecule has 3 aliphatic carbocycles. The number of fused-ring (bicyclic) bond motifs is 1. The van der Waals surface area contributed by atoms with Crippen LogP contribution in [0.1, 0.15) is 87.5 Å². The molecule has 41 heavy (non-hydrogen) atoms. The summed E-state index contributed by atoms with van der Waals surface area (Å²) in [5.74, 6) is -4.04. The van der Waals surface area contributed by atoms with Crippen LogP contribution in [-0.2, 0) is 52.5 Å². The number of ketones is 1. The Balaban J connectivity index is 2.31. The molecule has 0 saturated heterocycles. The predicted octanol–water partition coefficient (Wildman–Crippen LogP) is 3.40. The van der Waals surface area contributed by atoms with Crippen LogP contribution in [0.2, 0.25) is 0 Å². The standard InChI is InChI=1S/C30H42O11/c1-16(31)37-14-21-9-12-25(39-18(3)33)28(6,7)26(36)24(38-17(2)32)13-30-15-29(8,41-20(5)35)23(11-10-22(21)30)27(30)40-19(4)34/h9,22-25,27H,10-15H2,1-8H3/t22-,23+,24+,25-,27+,29+,30-/m0/s1. The molecular weight excluding hydrogens is 536 g/mol. The minimum absolute atomic E-state index is 0.0466. The van der Waals surface area contributed by atoms with Gasteiger partial charge in [-0.2, -0.15) is 0 Å². The van der Waals surface area contributed by atoms with Crippen LogP contribution >= 0.6 is 0 Å². The van der Waals surface area contributed by atoms with Gasteiger partial charge in [0.2, 0.25) is 0 Å². The number of Topliss-reactive ketones (excluding diaryl/α,β-unsaturated/α-hetero) is 1. The zero-order chi connectivity index (χ0) is 30.9. The van der Waals surface area contributed by atoms with E-state index in [0.29, 0.717) is 18.4 Å². The third-order valence-corrected chi connectivity index (χ3v) is 8.92. The van der Waals surface area contributed by atoms with E-state index in [9.17, 15) is 28.8 Å². The number of rotatable bonds is 6. The third-order valence-electron chi connectivity index (χ3n) is 8.92. The van der Waals surface area contributed by atoms with E-state index in [1.807, 2.05) is 6.08 Å². The lowest BCUT2D eigenvalue weighted by Crippen LogP contribution is -2.54. The van der Waals surface area contributed by atoms with Gasteiger partial charge in [0.25, 0.3) is 0 Å². The van der Waals surface area contributed by atoms with Crippen molar-refractivity contribution >= 4 is 35.6 Å². The largest absolute Gasteiger partial charge is 0.461 e. The maximum Gasteiger partial charge on any atom is 0.303 e. The molecule has 0 aromatic rings. The molecule has 0 radical (unpaired) electrons. The minimum Gasteiger partial charge on any atom is -0.461 e. The number of carbonyl (C=O) groups is 6. The summed E-state index contributed by atoms with van der Waals surface area (Å²) in [6, 6.07) is 0. The number of carbonyl (C=O) groups excluding carboxylic acids is 6. The van der Waals surface area contributed by atoms with Crippen molar-refractivity contribution in [1.82, 2.24) is 0 Å². The van der Waals surface area contributed by atoms with E-state index in [4.69, 9.17) is 23.7 Å². The van der Waals surface area contributed by atoms with Crippen LogP contribution in [0.5, 0.6) is 0 Å². The highest BCUT2D eigenvalue weighted by atomic mass is 16.6. The third kappa shape index (κ3) is 6.64. The van der Waals surface area contributed by atoms with Crippen molar-refractivity contribution in [2.24, 2.45) is 22.7 Å². The number of ether oxygens (including phenoxy) is 5. The van der Waals surface area contributed by atoms with Gasteiger partial charge in [0, 0.05) is 58.8 Å². The van der Waals surface area contributed by atoms with Crippen LogP contribution in [0, 0.1) is 22.7 Å². The van der Waals surface area contributed by atoms with E-state index >= 15 is 0 Å². The normalized spacial score (nSPS) is 34.3. The summed E-state index contributed by atoms with van der Waals surface area (Å²) < 4.78 is 28.6. The van der Waals surface area contributed by atoms with E-state index in [-0.39, 0.29) is 31.8 Å². The molecule has 0 heterocycles. The van der Waals surface area contributed by atoms with Crippen LogP contribution in [0.4, 0.5) is 0 Å². The Kier molecular flexibility index (Phi) is 9.40. The molecule has 0 unspecified atom stereocenters. The van der Waals surface area contributed by atoms with Gasteiger partial charge in [0.1, 0.15) is 24.4 Å². The van der Waals surface area contributed by atoms with E-state index in [1.165, 1.54) is 34.6 Å². The molecule has 1 spiro atoms. The second kappa shape index (κ2) is 11.9. The summed E-state index contributed by atoms with van der Waals surface area (Å²) in [4.78, 5) is 75.2. The molecular formula is C30H42O11. The summed E-state index contributed by atoms with van der Waals surface area (Å²) in [7, 11) is 0. The van der Waals surface area contributed by atoms with Crippen molar-refractivity contribution in [1.29, 1.82) is 0 Å². The highest BCUT2D eigenvalue weighted by molar-refractivity contribution is 5.91. The quantitative estimate of drug-likeness (QED) is 0.259. The maximum absolute atomic E-state index is 14.2. The topological polar surface area (TPSA) is 149 Å². The lowest BCUT2D eigenvalue weighted by Gasteiger charge is -2.49. The zero-order valence-corrected chi connectivity index (χ0v) is 25.2. The SMILES string of the molecule is CC(=O)OCC1=CC[C@H](OC(C)=O)C(C)(C)C(=O)[C@H](OC(C)=O)C[C@]23C[C@@](C)(OC(C)=O)[C@H](CC[C@@H]12)[C@H]3OC(C)=O. The van der Waals surface area contributed by atoms with Gasteiger partial charge in [-0.25, -0.2) is 0 Å². The maximum atomic E-state index is 14.2. The second-order valence-corrected chi connectivity index (χ2v) is 12.4. The van der Waals surface area contributed by atoms with E-state index < -0.39 is 76.3 Å². The van der Waals surface area contributed by atoms with Gasteiger partial charge in [0.15, 0.2) is 11.9 Å². The van der Waals surface area contributed by atoms with Gasteiger partial charge in [0.05, 0.1) is 5.41 Å². The van der Waals surface area contributed by atoms with Crippen molar-refractivity contribution in [2.75, 3.05) is 6.61 Å². The van der Waals surface area contributed by atoms with Crippen molar-refractivity contribution < 1.29 is 52.5 Å². The Bertz CT molecular complexity index is 1140. The molecule has 2 bridgehead atoms. The van der Waals surface area contributed by atoms with Gasteiger partial charge in [-0.15, -0.1) is 0 Å².